The summed E-state index contributed by atoms with van der Waals surface area (Å²) in [6.07, 6.45) is 5.85. The maximum absolute atomic E-state index is 15.0. The molecule has 0 aromatic carbocycles. The summed E-state index contributed by atoms with van der Waals surface area (Å²) in [5.41, 5.74) is 1.33. The van der Waals surface area contributed by atoms with Crippen molar-refractivity contribution in [3.63, 3.8) is 0 Å². The van der Waals surface area contributed by atoms with E-state index < -0.39 is 11.4 Å². The van der Waals surface area contributed by atoms with Crippen molar-refractivity contribution in [2.45, 2.75) is 32.6 Å². The maximum Gasteiger partial charge on any atom is 0.211 e. The third-order valence-corrected chi connectivity index (χ3v) is 6.18. The number of hydrogen-bond acceptors (Lipinski definition) is 9. The zero-order chi connectivity index (χ0) is 25.6. The van der Waals surface area contributed by atoms with Crippen LogP contribution in [0, 0.1) is 11.2 Å². The average Bonchev–Trinajstić information content (AvgIpc) is 3.34. The zero-order valence-electron chi connectivity index (χ0n) is 20.1. The lowest BCUT2D eigenvalue weighted by Crippen LogP contribution is -2.78. The Morgan fingerprint density at radius 3 is 2.92 bits per heavy atom. The van der Waals surface area contributed by atoms with Gasteiger partial charge in [-0.25, -0.2) is 14.4 Å². The van der Waals surface area contributed by atoms with E-state index in [0.29, 0.717) is 40.9 Å². The number of anilines is 2. The Morgan fingerprint density at radius 2 is 2.22 bits per heavy atom. The molecule has 5 rings (SSSR count). The molecule has 2 aliphatic heterocycles. The van der Waals surface area contributed by atoms with Gasteiger partial charge in [-0.2, -0.15) is 10.1 Å². The fourth-order valence-electron chi connectivity index (χ4n) is 3.87. The van der Waals surface area contributed by atoms with Gasteiger partial charge in [0.1, 0.15) is 22.4 Å². The summed E-state index contributed by atoms with van der Waals surface area (Å²) in [5, 5.41) is 20.0. The van der Waals surface area contributed by atoms with E-state index >= 15 is 4.39 Å². The molecule has 0 amide bonds. The number of aliphatic imine (C=N–C) groups is 1. The number of allylic oxidation sites excluding steroid dienone is 2. The first kappa shape index (κ1) is 23.9. The maximum atomic E-state index is 15.0. The highest BCUT2D eigenvalue weighted by Crippen LogP contribution is 2.35. The van der Waals surface area contributed by atoms with Gasteiger partial charge in [0.05, 0.1) is 37.4 Å². The molecular formula is C22H25ClFN10O2+. The van der Waals surface area contributed by atoms with Crippen molar-refractivity contribution in [2.75, 3.05) is 12.4 Å². The smallest absolute Gasteiger partial charge is 0.211 e. The van der Waals surface area contributed by atoms with Crippen molar-refractivity contribution in [2.24, 2.45) is 12.0 Å². The lowest BCUT2D eigenvalue weighted by Gasteiger charge is -2.30. The summed E-state index contributed by atoms with van der Waals surface area (Å²) in [6.45, 7) is 4.41. The summed E-state index contributed by atoms with van der Waals surface area (Å²) in [4.78, 5) is 13.0. The number of imidazole rings is 1. The molecule has 0 bridgehead atoms. The molecule has 0 saturated carbocycles. The highest BCUT2D eigenvalue weighted by atomic mass is 35.5. The van der Waals surface area contributed by atoms with Gasteiger partial charge in [-0.05, 0) is 13.8 Å². The van der Waals surface area contributed by atoms with E-state index in [2.05, 4.69) is 30.7 Å². The van der Waals surface area contributed by atoms with Gasteiger partial charge in [0.2, 0.25) is 11.7 Å². The number of rotatable bonds is 6. The van der Waals surface area contributed by atoms with Gasteiger partial charge in [-0.15, -0.1) is 0 Å². The quantitative estimate of drug-likeness (QED) is 0.290. The second kappa shape index (κ2) is 9.00. The molecule has 14 heteroatoms. The van der Waals surface area contributed by atoms with Crippen LogP contribution >= 0.6 is 11.6 Å². The van der Waals surface area contributed by atoms with Crippen LogP contribution in [0.25, 0.3) is 11.2 Å². The van der Waals surface area contributed by atoms with E-state index in [1.54, 1.807) is 41.1 Å². The number of hydrogen-bond donors (Lipinski definition) is 4. The first-order valence-electron chi connectivity index (χ1n) is 11.1. The van der Waals surface area contributed by atoms with Crippen LogP contribution in [-0.4, -0.2) is 49.4 Å². The van der Waals surface area contributed by atoms with Crippen LogP contribution in [0.15, 0.2) is 34.7 Å². The summed E-state index contributed by atoms with van der Waals surface area (Å²) >= 11 is 6.67. The fourth-order valence-corrected chi connectivity index (χ4v) is 4.17. The molecule has 188 valence electrons. The van der Waals surface area contributed by atoms with Gasteiger partial charge in [0.15, 0.2) is 34.5 Å². The Morgan fingerprint density at radius 1 is 1.42 bits per heavy atom. The molecule has 0 radical (unpaired) electrons. The number of aryl methyl sites for hydroxylation is 1. The minimum Gasteiger partial charge on any atom is -0.446 e. The van der Waals surface area contributed by atoms with Crippen molar-refractivity contribution < 1.29 is 19.2 Å². The molecule has 12 nitrogen and oxygen atoms in total. The molecule has 3 aromatic rings. The van der Waals surface area contributed by atoms with Crippen LogP contribution in [-0.2, 0) is 24.9 Å². The lowest BCUT2D eigenvalue weighted by atomic mass is 10.1. The number of nitrogens with two attached hydrogens (primary N) is 1. The second-order valence-electron chi connectivity index (χ2n) is 8.84. The molecule has 0 fully saturated rings. The van der Waals surface area contributed by atoms with E-state index in [-0.39, 0.29) is 29.0 Å². The molecule has 5 heterocycles. The summed E-state index contributed by atoms with van der Waals surface area (Å²) in [5.74, 6) is 1.000. The van der Waals surface area contributed by atoms with Crippen molar-refractivity contribution in [3.8, 4) is 5.75 Å². The van der Waals surface area contributed by atoms with Crippen molar-refractivity contribution in [3.05, 3.63) is 46.2 Å². The Bertz CT molecular complexity index is 1470. The monoisotopic (exact) mass is 515 g/mol. The predicted octanol–water partition coefficient (Wildman–Crippen LogP) is 1.92. The standard InChI is InChI=1S/C22H24ClFN10O2/c1-22(2)10-34-12(9-35-22)17(24)19(32-34)30-21-31-20-18(33(21)4)16(23)14(7-29-20)36-13(5-25)11-6-28-15(26-3)8-27-11/h5-8,25-27H,9-10H2,1-4H3,(H,29,30,31,32)/p+1/b13-11+,25-5?. The number of nitrogens with zero attached hydrogens (tertiary/aromatic N) is 6. The summed E-state index contributed by atoms with van der Waals surface area (Å²) in [7, 11) is 3.48. The molecule has 36 heavy (non-hydrogen) atoms. The van der Waals surface area contributed by atoms with Crippen LogP contribution in [0.3, 0.4) is 0 Å². The van der Waals surface area contributed by atoms with Gasteiger partial charge in [-0.1, -0.05) is 11.6 Å². The van der Waals surface area contributed by atoms with Gasteiger partial charge < -0.3 is 30.1 Å². The summed E-state index contributed by atoms with van der Waals surface area (Å²) < 4.78 is 29.9. The number of aromatic nitrogens is 5. The van der Waals surface area contributed by atoms with Gasteiger partial charge in [0.25, 0.3) is 0 Å². The van der Waals surface area contributed by atoms with E-state index in [9.17, 15) is 0 Å². The molecule has 2 aliphatic rings. The molecule has 0 spiro atoms. The highest BCUT2D eigenvalue weighted by molar-refractivity contribution is 6.36. The van der Waals surface area contributed by atoms with Crippen molar-refractivity contribution in [1.82, 2.24) is 29.6 Å². The van der Waals surface area contributed by atoms with E-state index in [0.717, 1.165) is 6.21 Å². The van der Waals surface area contributed by atoms with Crippen LogP contribution < -0.4 is 20.7 Å². The van der Waals surface area contributed by atoms with Crippen LogP contribution in [0.1, 0.15) is 19.5 Å². The number of ether oxygens (including phenoxy) is 2. The topological polar surface area (TPSA) is 144 Å². The van der Waals surface area contributed by atoms with Gasteiger partial charge in [-0.3, -0.25) is 10.00 Å². The molecule has 0 saturated heterocycles. The molecule has 0 aliphatic carbocycles. The number of nitrogens with one attached hydrogen (secondary N) is 3. The number of pyridine rings is 1. The van der Waals surface area contributed by atoms with Crippen LogP contribution in [0.2, 0.25) is 5.02 Å². The number of quaternary nitrogens is 1. The minimum absolute atomic E-state index is 0.0363. The molecule has 5 N–H and O–H groups in total. The van der Waals surface area contributed by atoms with Gasteiger partial charge in [0, 0.05) is 14.1 Å². The molecule has 0 atom stereocenters. The first-order valence-corrected chi connectivity index (χ1v) is 11.4. The summed E-state index contributed by atoms with van der Waals surface area (Å²) in [6, 6.07) is 0. The largest absolute Gasteiger partial charge is 0.446 e. The van der Waals surface area contributed by atoms with Crippen molar-refractivity contribution >= 4 is 47.0 Å². The fraction of sp³-hybridized carbons (Fsp3) is 0.318. The van der Waals surface area contributed by atoms with Gasteiger partial charge >= 0.3 is 0 Å². The Hall–Kier alpha value is -3.81. The molecule has 3 aromatic heterocycles. The van der Waals surface area contributed by atoms with Crippen LogP contribution in [0.5, 0.6) is 5.75 Å². The second-order valence-corrected chi connectivity index (χ2v) is 9.21. The lowest BCUT2D eigenvalue weighted by molar-refractivity contribution is -0.529. The molecule has 0 unspecified atom stereocenters. The predicted molar refractivity (Wildman–Crippen MR) is 132 cm³/mol. The molecular weight excluding hydrogens is 491 g/mol. The van der Waals surface area contributed by atoms with Crippen LogP contribution in [0.4, 0.5) is 16.2 Å². The zero-order valence-corrected chi connectivity index (χ0v) is 20.8. The number of halogens is 2. The minimum atomic E-state index is -0.497. The number of fused-ring (bicyclic) bond motifs is 2. The Balaban J connectivity index is 1.45. The van der Waals surface area contributed by atoms with E-state index in [4.69, 9.17) is 26.5 Å². The average molecular weight is 516 g/mol. The van der Waals surface area contributed by atoms with E-state index in [1.165, 1.54) is 6.20 Å². The normalized spacial score (nSPS) is 18.0. The third kappa shape index (κ3) is 4.21. The van der Waals surface area contributed by atoms with Crippen molar-refractivity contribution in [1.29, 1.82) is 5.41 Å². The Kier molecular flexibility index (Phi) is 5.98. The third-order valence-electron chi connectivity index (χ3n) is 5.81. The van der Waals surface area contributed by atoms with E-state index in [1.807, 2.05) is 13.8 Å². The SMILES string of the molecule is CNC1=C[NH2+]/C(=C(\C=N)Oc2cnc3nc(Nc4nn5c(c4F)COC(C)(C)C5)n(C)c3c2Cl)C=N1. The first-order chi connectivity index (χ1) is 17.2. The highest BCUT2D eigenvalue weighted by Gasteiger charge is 2.31. The Labute approximate surface area is 210 Å².